The van der Waals surface area contributed by atoms with Crippen molar-refractivity contribution >= 4 is 22.1 Å². The molecule has 0 aliphatic heterocycles. The summed E-state index contributed by atoms with van der Waals surface area (Å²) in [5, 5.41) is 16.0. The van der Waals surface area contributed by atoms with E-state index in [1.807, 2.05) is 32.3 Å². The summed E-state index contributed by atoms with van der Waals surface area (Å²) in [6.45, 7) is 0.634. The monoisotopic (exact) mass is 366 g/mol. The second-order valence-corrected chi connectivity index (χ2v) is 6.45. The van der Waals surface area contributed by atoms with Crippen LogP contribution in [0.1, 0.15) is 11.6 Å². The molecule has 27 heavy (non-hydrogen) atoms. The maximum absolute atomic E-state index is 11.3. The van der Waals surface area contributed by atoms with Gasteiger partial charge in [0.25, 0.3) is 5.69 Å². The number of rotatable bonds is 7. The van der Waals surface area contributed by atoms with E-state index < -0.39 is 0 Å². The largest absolute Gasteiger partial charge is 0.497 e. The maximum atomic E-state index is 11.3. The van der Waals surface area contributed by atoms with Gasteiger partial charge < -0.3 is 15.0 Å². The number of likely N-dealkylation sites (N-methyl/N-ethyl adjacent to an activating group) is 1. The van der Waals surface area contributed by atoms with E-state index >= 15 is 0 Å². The van der Waals surface area contributed by atoms with E-state index in [0.717, 1.165) is 22.4 Å². The molecular weight excluding hydrogens is 344 g/mol. The zero-order valence-electron chi connectivity index (χ0n) is 15.5. The van der Waals surface area contributed by atoms with Gasteiger partial charge >= 0.3 is 0 Å². The molecule has 0 amide bonds. The van der Waals surface area contributed by atoms with E-state index in [-0.39, 0.29) is 16.7 Å². The van der Waals surface area contributed by atoms with Crippen LogP contribution in [0.2, 0.25) is 0 Å². The predicted octanol–water partition coefficient (Wildman–Crippen LogP) is 3.87. The number of hydrogen-bond acceptors (Lipinski definition) is 6. The molecule has 0 saturated heterocycles. The first kappa shape index (κ1) is 18.6. The quantitative estimate of drug-likeness (QED) is 0.505. The van der Waals surface area contributed by atoms with Crippen LogP contribution in [-0.4, -0.2) is 42.6 Å². The lowest BCUT2D eigenvalue weighted by molar-refractivity contribution is -0.383. The fourth-order valence-electron chi connectivity index (χ4n) is 3.14. The minimum absolute atomic E-state index is 0.0561. The minimum atomic E-state index is -0.382. The smallest absolute Gasteiger partial charge is 0.278 e. The first-order valence-electron chi connectivity index (χ1n) is 8.56. The predicted molar refractivity (Wildman–Crippen MR) is 106 cm³/mol. The molecular formula is C20H22N4O3. The van der Waals surface area contributed by atoms with Gasteiger partial charge in [0, 0.05) is 36.1 Å². The van der Waals surface area contributed by atoms with Gasteiger partial charge in [-0.3, -0.25) is 15.1 Å². The highest BCUT2D eigenvalue weighted by atomic mass is 16.6. The number of aromatic nitrogens is 1. The number of nitro groups is 1. The third-order valence-electron chi connectivity index (χ3n) is 4.58. The molecule has 7 heteroatoms. The van der Waals surface area contributed by atoms with E-state index in [2.05, 4.69) is 21.3 Å². The Kier molecular flexibility index (Phi) is 5.52. The highest BCUT2D eigenvalue weighted by Gasteiger charge is 2.17. The van der Waals surface area contributed by atoms with Gasteiger partial charge in [-0.05, 0) is 43.9 Å². The molecule has 1 heterocycles. The van der Waals surface area contributed by atoms with Crippen molar-refractivity contribution in [2.24, 2.45) is 0 Å². The number of pyridine rings is 1. The Bertz CT molecular complexity index is 959. The number of methoxy groups -OCH3 is 1. The van der Waals surface area contributed by atoms with Crippen LogP contribution in [0, 0.1) is 10.1 Å². The maximum Gasteiger partial charge on any atom is 0.278 e. The van der Waals surface area contributed by atoms with Crippen LogP contribution in [0.15, 0.2) is 54.9 Å². The van der Waals surface area contributed by atoms with Crippen molar-refractivity contribution in [1.82, 2.24) is 9.88 Å². The zero-order valence-corrected chi connectivity index (χ0v) is 15.5. The van der Waals surface area contributed by atoms with E-state index in [0.29, 0.717) is 11.9 Å². The number of benzene rings is 2. The van der Waals surface area contributed by atoms with Crippen LogP contribution in [0.25, 0.3) is 10.8 Å². The lowest BCUT2D eigenvalue weighted by Gasteiger charge is -2.26. The highest BCUT2D eigenvalue weighted by molar-refractivity contribution is 5.99. The van der Waals surface area contributed by atoms with Crippen molar-refractivity contribution in [3.63, 3.8) is 0 Å². The van der Waals surface area contributed by atoms with Crippen molar-refractivity contribution in [2.75, 3.05) is 33.1 Å². The Hall–Kier alpha value is -3.19. The Labute approximate surface area is 157 Å². The van der Waals surface area contributed by atoms with E-state index in [4.69, 9.17) is 4.74 Å². The zero-order chi connectivity index (χ0) is 19.4. The molecule has 0 unspecified atom stereocenters. The van der Waals surface area contributed by atoms with Crippen LogP contribution in [-0.2, 0) is 0 Å². The average Bonchev–Trinajstić information content (AvgIpc) is 2.67. The van der Waals surface area contributed by atoms with Gasteiger partial charge in [-0.1, -0.05) is 12.1 Å². The number of fused-ring (bicyclic) bond motifs is 1. The summed E-state index contributed by atoms with van der Waals surface area (Å²) in [4.78, 5) is 17.0. The summed E-state index contributed by atoms with van der Waals surface area (Å²) < 4.78 is 5.33. The molecule has 0 radical (unpaired) electrons. The molecule has 7 nitrogen and oxygen atoms in total. The Morgan fingerprint density at radius 1 is 1.22 bits per heavy atom. The van der Waals surface area contributed by atoms with Gasteiger partial charge in [-0.2, -0.15) is 0 Å². The molecule has 1 atom stereocenters. The lowest BCUT2D eigenvalue weighted by atomic mass is 10.0. The normalized spacial score (nSPS) is 12.1. The molecule has 0 spiro atoms. The van der Waals surface area contributed by atoms with Gasteiger partial charge in [-0.25, -0.2) is 0 Å². The minimum Gasteiger partial charge on any atom is -0.497 e. The topological polar surface area (TPSA) is 80.5 Å². The molecule has 0 saturated carbocycles. The van der Waals surface area contributed by atoms with Crippen LogP contribution >= 0.6 is 0 Å². The van der Waals surface area contributed by atoms with Gasteiger partial charge in [0.1, 0.15) is 5.75 Å². The highest BCUT2D eigenvalue weighted by Crippen LogP contribution is 2.31. The Morgan fingerprint density at radius 2 is 2.04 bits per heavy atom. The summed E-state index contributed by atoms with van der Waals surface area (Å²) in [6.07, 6.45) is 3.17. The molecule has 0 aliphatic carbocycles. The van der Waals surface area contributed by atoms with Crippen molar-refractivity contribution in [2.45, 2.75) is 6.04 Å². The van der Waals surface area contributed by atoms with E-state index in [1.54, 1.807) is 25.4 Å². The van der Waals surface area contributed by atoms with Gasteiger partial charge in [-0.15, -0.1) is 0 Å². The summed E-state index contributed by atoms with van der Waals surface area (Å²) in [5.74, 6) is 0.811. The average molecular weight is 366 g/mol. The first-order valence-corrected chi connectivity index (χ1v) is 8.56. The number of hydrogen-bond donors (Lipinski definition) is 1. The fraction of sp³-hybridized carbons (Fsp3) is 0.250. The second kappa shape index (κ2) is 8.01. The van der Waals surface area contributed by atoms with Gasteiger partial charge in [0.05, 0.1) is 23.5 Å². The van der Waals surface area contributed by atoms with Crippen LogP contribution < -0.4 is 10.1 Å². The number of nitrogens with zero attached hydrogens (tertiary/aromatic N) is 3. The number of nitrogens with one attached hydrogen (secondary N) is 1. The summed E-state index contributed by atoms with van der Waals surface area (Å²) in [6, 6.07) is 13.1. The van der Waals surface area contributed by atoms with Crippen LogP contribution in [0.3, 0.4) is 0 Å². The Balaban J connectivity index is 1.90. The summed E-state index contributed by atoms with van der Waals surface area (Å²) in [5.41, 5.74) is 2.02. The number of non-ortho nitro benzene ring substituents is 1. The standard InChI is InChI=1S/C20H22N4O3/c1-23(2)20(14-5-4-6-15(11-14)27-3)13-22-18-7-8-19(24(25)26)17-12-21-10-9-16(17)18/h4-12,20,22H,13H2,1-3H3/t20-/m1/s1. The number of nitro benzene ring substituents is 1. The van der Waals surface area contributed by atoms with Gasteiger partial charge in [0.2, 0.25) is 0 Å². The van der Waals surface area contributed by atoms with Crippen LogP contribution in [0.5, 0.6) is 5.75 Å². The van der Waals surface area contributed by atoms with E-state index in [1.165, 1.54) is 12.3 Å². The fourth-order valence-corrected chi connectivity index (χ4v) is 3.14. The first-order chi connectivity index (χ1) is 13.0. The third-order valence-corrected chi connectivity index (χ3v) is 4.58. The number of ether oxygens (including phenoxy) is 1. The SMILES string of the molecule is COc1cccc([C@@H](CNc2ccc([N+](=O)[O-])c3cnccc23)N(C)C)c1. The molecule has 0 bridgehead atoms. The van der Waals surface area contributed by atoms with Crippen molar-refractivity contribution in [3.05, 3.63) is 70.5 Å². The molecule has 1 aromatic heterocycles. The van der Waals surface area contributed by atoms with Crippen molar-refractivity contribution < 1.29 is 9.66 Å². The molecule has 0 fully saturated rings. The number of anilines is 1. The molecule has 3 aromatic rings. The van der Waals surface area contributed by atoms with Crippen LogP contribution in [0.4, 0.5) is 11.4 Å². The molecule has 1 N–H and O–H groups in total. The molecule has 0 aliphatic rings. The Morgan fingerprint density at radius 3 is 2.74 bits per heavy atom. The molecule has 3 rings (SSSR count). The lowest BCUT2D eigenvalue weighted by Crippen LogP contribution is -2.27. The third kappa shape index (κ3) is 3.98. The van der Waals surface area contributed by atoms with Crippen molar-refractivity contribution in [3.8, 4) is 5.75 Å². The van der Waals surface area contributed by atoms with Gasteiger partial charge in [0.15, 0.2) is 0 Å². The van der Waals surface area contributed by atoms with Crippen molar-refractivity contribution in [1.29, 1.82) is 0 Å². The second-order valence-electron chi connectivity index (χ2n) is 6.45. The molecule has 140 valence electrons. The van der Waals surface area contributed by atoms with E-state index in [9.17, 15) is 10.1 Å². The molecule has 2 aromatic carbocycles. The summed E-state index contributed by atoms with van der Waals surface area (Å²) in [7, 11) is 5.69. The summed E-state index contributed by atoms with van der Waals surface area (Å²) >= 11 is 0.